The van der Waals surface area contributed by atoms with E-state index >= 15 is 0 Å². The minimum atomic E-state index is -0.843. The zero-order chi connectivity index (χ0) is 28.5. The minimum absolute atomic E-state index is 0.0298. The van der Waals surface area contributed by atoms with Crippen molar-refractivity contribution in [1.82, 2.24) is 4.98 Å². The molecule has 1 heterocycles. The molecule has 2 aromatic carbocycles. The van der Waals surface area contributed by atoms with Crippen molar-refractivity contribution < 1.29 is 42.4 Å². The molecule has 3 rings (SSSR count). The topological polar surface area (TPSA) is 104 Å². The Bertz CT molecular complexity index is 1280. The molecule has 1 N–H and O–H groups in total. The van der Waals surface area contributed by atoms with Gasteiger partial charge in [0.1, 0.15) is 17.7 Å². The summed E-state index contributed by atoms with van der Waals surface area (Å²) in [7, 11) is 2.91. The van der Waals surface area contributed by atoms with Crippen LogP contribution in [0.5, 0.6) is 23.0 Å². The molecule has 0 aliphatic carbocycles. The molecule has 0 spiro atoms. The van der Waals surface area contributed by atoms with E-state index in [1.165, 1.54) is 32.4 Å². The summed E-state index contributed by atoms with van der Waals surface area (Å²) in [5, 5.41) is 10.2. The van der Waals surface area contributed by atoms with Crippen LogP contribution in [0.3, 0.4) is 0 Å². The second-order valence-corrected chi connectivity index (χ2v) is 9.08. The molecule has 0 radical (unpaired) electrons. The molecule has 8 nitrogen and oxygen atoms in total. The van der Waals surface area contributed by atoms with Gasteiger partial charge in [-0.15, -0.1) is 0 Å². The Hall–Kier alpha value is -4.21. The van der Waals surface area contributed by atoms with E-state index in [-0.39, 0.29) is 30.2 Å². The van der Waals surface area contributed by atoms with Crippen LogP contribution in [-0.2, 0) is 16.0 Å². The lowest BCUT2D eigenvalue weighted by molar-refractivity contribution is -0.155. The normalized spacial score (nSPS) is 13.2. The fourth-order valence-corrected chi connectivity index (χ4v) is 3.87. The second kappa shape index (κ2) is 13.5. The van der Waals surface area contributed by atoms with Crippen molar-refractivity contribution in [2.45, 2.75) is 32.8 Å². The van der Waals surface area contributed by atoms with Crippen molar-refractivity contribution >= 4 is 11.8 Å². The lowest BCUT2D eigenvalue weighted by Gasteiger charge is -2.26. The maximum absolute atomic E-state index is 14.1. The molecule has 3 aromatic rings. The van der Waals surface area contributed by atoms with E-state index in [0.29, 0.717) is 12.2 Å². The number of aromatic hydroxyl groups is 1. The Morgan fingerprint density at radius 3 is 2.33 bits per heavy atom. The van der Waals surface area contributed by atoms with Gasteiger partial charge in [0.25, 0.3) is 0 Å². The van der Waals surface area contributed by atoms with Crippen LogP contribution in [0.4, 0.5) is 8.78 Å². The van der Waals surface area contributed by atoms with Crippen molar-refractivity contribution in [2.75, 3.05) is 20.8 Å². The van der Waals surface area contributed by atoms with Gasteiger partial charge in [0, 0.05) is 30.7 Å². The summed E-state index contributed by atoms with van der Waals surface area (Å²) in [6, 6.07) is 11.7. The van der Waals surface area contributed by atoms with E-state index in [1.54, 1.807) is 26.2 Å². The first-order chi connectivity index (χ1) is 18.6. The average Bonchev–Trinajstić information content (AvgIpc) is 2.92. The van der Waals surface area contributed by atoms with E-state index in [1.807, 2.05) is 12.1 Å². The van der Waals surface area contributed by atoms with Crippen LogP contribution in [0.2, 0.25) is 0 Å². The van der Waals surface area contributed by atoms with E-state index in [9.17, 15) is 23.5 Å². The van der Waals surface area contributed by atoms with Gasteiger partial charge in [-0.2, -0.15) is 0 Å². The molecule has 0 aliphatic rings. The summed E-state index contributed by atoms with van der Waals surface area (Å²) in [6.07, 6.45) is 0.796. The first-order valence-electron chi connectivity index (χ1n) is 12.3. The molecule has 0 bridgehead atoms. The lowest BCUT2D eigenvalue weighted by atomic mass is 9.95. The number of aromatic nitrogens is 1. The Morgan fingerprint density at radius 1 is 0.974 bits per heavy atom. The molecular formula is C29H31F2NO7. The second-order valence-electron chi connectivity index (χ2n) is 9.08. The number of halogens is 2. The summed E-state index contributed by atoms with van der Waals surface area (Å²) in [4.78, 5) is 29.5. The van der Waals surface area contributed by atoms with Crippen molar-refractivity contribution in [1.29, 1.82) is 0 Å². The zero-order valence-corrected chi connectivity index (χ0v) is 22.1. The van der Waals surface area contributed by atoms with Gasteiger partial charge in [-0.05, 0) is 43.2 Å². The quantitative estimate of drug-likeness (QED) is 0.233. The van der Waals surface area contributed by atoms with Crippen LogP contribution in [0.1, 0.15) is 36.3 Å². The van der Waals surface area contributed by atoms with Gasteiger partial charge in [0.2, 0.25) is 0 Å². The summed E-state index contributed by atoms with van der Waals surface area (Å²) in [5.41, 5.74) is 0.698. The molecular weight excluding hydrogens is 512 g/mol. The number of carbonyl (C=O) groups is 2. The number of methoxy groups -OCH3 is 2. The first-order valence-corrected chi connectivity index (χ1v) is 12.3. The van der Waals surface area contributed by atoms with Crippen molar-refractivity contribution in [2.24, 2.45) is 11.8 Å². The highest BCUT2D eigenvalue weighted by molar-refractivity contribution is 5.99. The van der Waals surface area contributed by atoms with Gasteiger partial charge in [0.15, 0.2) is 34.5 Å². The largest absolute Gasteiger partial charge is 0.503 e. The Balaban J connectivity index is 1.70. The van der Waals surface area contributed by atoms with E-state index < -0.39 is 47.1 Å². The number of carbonyl (C=O) groups excluding carboxylic acids is 2. The Labute approximate surface area is 225 Å². The summed E-state index contributed by atoms with van der Waals surface area (Å²) >= 11 is 0. The molecule has 0 aliphatic heterocycles. The third-order valence-corrected chi connectivity index (χ3v) is 6.23. The van der Waals surface area contributed by atoms with Gasteiger partial charge in [-0.25, -0.2) is 13.8 Å². The molecule has 0 amide bonds. The van der Waals surface area contributed by atoms with Crippen LogP contribution < -0.4 is 14.2 Å². The van der Waals surface area contributed by atoms with Gasteiger partial charge in [0.05, 0.1) is 26.7 Å². The van der Waals surface area contributed by atoms with Crippen LogP contribution in [0.25, 0.3) is 0 Å². The number of ether oxygens (including phenoxy) is 4. The standard InChI is InChI=1S/C29H31F2NO7/c1-17(13-24(33)27-28(34)26(37-4)11-12-32-27)29(35)39-18(2)20(14-19-5-8-22(36-3)9-6-19)16-38-25-10-7-21(30)15-23(25)31/h5-12,15,17-18,20,34H,13-14,16H2,1-4H3/t17-,18+,20-/m1/s1. The van der Waals surface area contributed by atoms with Gasteiger partial charge in [-0.3, -0.25) is 9.59 Å². The molecule has 39 heavy (non-hydrogen) atoms. The fourth-order valence-electron chi connectivity index (χ4n) is 3.87. The van der Waals surface area contributed by atoms with Gasteiger partial charge >= 0.3 is 5.97 Å². The van der Waals surface area contributed by atoms with E-state index in [0.717, 1.165) is 17.7 Å². The molecule has 10 heteroatoms. The maximum atomic E-state index is 14.1. The highest BCUT2D eigenvalue weighted by Gasteiger charge is 2.28. The number of hydrogen-bond donors (Lipinski definition) is 1. The maximum Gasteiger partial charge on any atom is 0.309 e. The molecule has 0 saturated heterocycles. The van der Waals surface area contributed by atoms with Crippen molar-refractivity contribution in [3.63, 3.8) is 0 Å². The summed E-state index contributed by atoms with van der Waals surface area (Å²) in [5.74, 6) is -3.77. The zero-order valence-electron chi connectivity index (χ0n) is 22.1. The minimum Gasteiger partial charge on any atom is -0.503 e. The molecule has 3 atom stereocenters. The number of nitrogens with zero attached hydrogens (tertiary/aromatic N) is 1. The van der Waals surface area contributed by atoms with Crippen LogP contribution in [0.15, 0.2) is 54.7 Å². The number of Topliss-reactive ketones (excluding diaryl/α,β-unsaturated/α-hetero) is 1. The van der Waals surface area contributed by atoms with Gasteiger partial charge in [-0.1, -0.05) is 19.1 Å². The van der Waals surface area contributed by atoms with Crippen LogP contribution in [0, 0.1) is 23.5 Å². The number of benzene rings is 2. The fraction of sp³-hybridized carbons (Fsp3) is 0.345. The van der Waals surface area contributed by atoms with E-state index in [4.69, 9.17) is 18.9 Å². The third kappa shape index (κ3) is 7.89. The first kappa shape index (κ1) is 29.3. The van der Waals surface area contributed by atoms with Crippen LogP contribution >= 0.6 is 0 Å². The summed E-state index contributed by atoms with van der Waals surface area (Å²) < 4.78 is 48.9. The molecule has 0 saturated carbocycles. The number of esters is 1. The molecule has 0 fully saturated rings. The summed E-state index contributed by atoms with van der Waals surface area (Å²) in [6.45, 7) is 3.19. The predicted molar refractivity (Wildman–Crippen MR) is 138 cm³/mol. The lowest BCUT2D eigenvalue weighted by Crippen LogP contribution is -2.32. The predicted octanol–water partition coefficient (Wildman–Crippen LogP) is 5.16. The van der Waals surface area contributed by atoms with Crippen LogP contribution in [-0.4, -0.2) is 48.8 Å². The highest BCUT2D eigenvalue weighted by Crippen LogP contribution is 2.29. The molecule has 0 unspecified atom stereocenters. The molecule has 208 valence electrons. The number of hydrogen-bond acceptors (Lipinski definition) is 8. The van der Waals surface area contributed by atoms with Crippen molar-refractivity contribution in [3.05, 3.63) is 77.6 Å². The Morgan fingerprint density at radius 2 is 1.69 bits per heavy atom. The van der Waals surface area contributed by atoms with Gasteiger partial charge < -0.3 is 24.1 Å². The Kier molecular flexibility index (Phi) is 10.2. The number of pyridine rings is 1. The SMILES string of the molecule is COc1ccc(C[C@H](COc2ccc(F)cc2F)[C@H](C)OC(=O)[C@H](C)CC(=O)c2nccc(OC)c2O)cc1. The average molecular weight is 544 g/mol. The monoisotopic (exact) mass is 543 g/mol. The smallest absolute Gasteiger partial charge is 0.309 e. The number of ketones is 1. The molecule has 1 aromatic heterocycles. The number of rotatable bonds is 13. The van der Waals surface area contributed by atoms with Crippen molar-refractivity contribution in [3.8, 4) is 23.0 Å². The third-order valence-electron chi connectivity index (χ3n) is 6.23. The van der Waals surface area contributed by atoms with E-state index in [2.05, 4.69) is 4.98 Å². The highest BCUT2D eigenvalue weighted by atomic mass is 19.1.